The van der Waals surface area contributed by atoms with E-state index in [-0.39, 0.29) is 5.54 Å². The van der Waals surface area contributed by atoms with E-state index in [0.717, 1.165) is 6.42 Å². The highest BCUT2D eigenvalue weighted by Crippen LogP contribution is 2.26. The Morgan fingerprint density at radius 3 is 2.78 bits per heavy atom. The Morgan fingerprint density at radius 1 is 1.22 bits per heavy atom. The van der Waals surface area contributed by atoms with Crippen molar-refractivity contribution in [2.24, 2.45) is 5.10 Å². The van der Waals surface area contributed by atoms with Gasteiger partial charge in [-0.05, 0) is 56.4 Å². The first-order valence-electron chi connectivity index (χ1n) is 6.82. The smallest absolute Gasteiger partial charge is 0.0543 e. The van der Waals surface area contributed by atoms with E-state index in [1.54, 1.807) is 0 Å². The Bertz CT molecular complexity index is 471. The maximum atomic E-state index is 4.30. The van der Waals surface area contributed by atoms with Crippen LogP contribution in [0.1, 0.15) is 37.8 Å². The first-order valence-corrected chi connectivity index (χ1v) is 6.82. The SMILES string of the molecule is CC1(C)Cc2cc(N3CCCC3)ccc2C=NN1. The predicted octanol–water partition coefficient (Wildman–Crippen LogP) is 2.54. The number of anilines is 1. The van der Waals surface area contributed by atoms with Crippen LogP contribution in [-0.2, 0) is 6.42 Å². The minimum atomic E-state index is 0.0331. The fourth-order valence-electron chi connectivity index (χ4n) is 2.84. The van der Waals surface area contributed by atoms with E-state index in [1.165, 1.54) is 42.7 Å². The molecule has 0 unspecified atom stereocenters. The molecule has 2 aliphatic rings. The van der Waals surface area contributed by atoms with Crippen LogP contribution in [-0.4, -0.2) is 24.8 Å². The van der Waals surface area contributed by atoms with Crippen molar-refractivity contribution in [1.29, 1.82) is 0 Å². The predicted molar refractivity (Wildman–Crippen MR) is 76.4 cm³/mol. The molecule has 3 nitrogen and oxygen atoms in total. The summed E-state index contributed by atoms with van der Waals surface area (Å²) < 4.78 is 0. The topological polar surface area (TPSA) is 27.6 Å². The second-order valence-electron chi connectivity index (χ2n) is 6.01. The monoisotopic (exact) mass is 243 g/mol. The van der Waals surface area contributed by atoms with Gasteiger partial charge >= 0.3 is 0 Å². The summed E-state index contributed by atoms with van der Waals surface area (Å²) in [6.45, 7) is 6.80. The van der Waals surface area contributed by atoms with Crippen molar-refractivity contribution in [2.45, 2.75) is 38.6 Å². The molecule has 3 rings (SSSR count). The molecule has 3 heteroatoms. The number of benzene rings is 1. The lowest BCUT2D eigenvalue weighted by Gasteiger charge is -2.24. The third-order valence-electron chi connectivity index (χ3n) is 3.80. The molecule has 1 aromatic carbocycles. The highest BCUT2D eigenvalue weighted by Gasteiger charge is 2.22. The fraction of sp³-hybridized carbons (Fsp3) is 0.533. The first-order chi connectivity index (χ1) is 8.64. The van der Waals surface area contributed by atoms with Gasteiger partial charge in [0, 0.05) is 18.8 Å². The summed E-state index contributed by atoms with van der Waals surface area (Å²) in [4.78, 5) is 2.49. The normalized spacial score (nSPS) is 21.3. The molecule has 0 atom stereocenters. The molecule has 0 aromatic heterocycles. The van der Waals surface area contributed by atoms with Crippen molar-refractivity contribution in [3.05, 3.63) is 29.3 Å². The third kappa shape index (κ3) is 2.22. The van der Waals surface area contributed by atoms with E-state index in [1.807, 2.05) is 6.21 Å². The Balaban J connectivity index is 1.94. The molecule has 2 heterocycles. The quantitative estimate of drug-likeness (QED) is 0.821. The van der Waals surface area contributed by atoms with E-state index >= 15 is 0 Å². The summed E-state index contributed by atoms with van der Waals surface area (Å²) in [6.07, 6.45) is 5.61. The van der Waals surface area contributed by atoms with Crippen LogP contribution in [0.5, 0.6) is 0 Å². The number of rotatable bonds is 1. The van der Waals surface area contributed by atoms with Gasteiger partial charge in [0.25, 0.3) is 0 Å². The minimum absolute atomic E-state index is 0.0331. The van der Waals surface area contributed by atoms with Crippen LogP contribution in [0, 0.1) is 0 Å². The van der Waals surface area contributed by atoms with Crippen LogP contribution in [0.15, 0.2) is 23.3 Å². The molecule has 1 fully saturated rings. The number of hydrazone groups is 1. The van der Waals surface area contributed by atoms with E-state index < -0.39 is 0 Å². The molecule has 1 saturated heterocycles. The molecule has 2 aliphatic heterocycles. The molecular formula is C15H21N3. The summed E-state index contributed by atoms with van der Waals surface area (Å²) >= 11 is 0. The lowest BCUT2D eigenvalue weighted by Crippen LogP contribution is -2.36. The Morgan fingerprint density at radius 2 is 2.00 bits per heavy atom. The van der Waals surface area contributed by atoms with Crippen LogP contribution in [0.2, 0.25) is 0 Å². The van der Waals surface area contributed by atoms with E-state index in [4.69, 9.17) is 0 Å². The van der Waals surface area contributed by atoms with E-state index in [0.29, 0.717) is 0 Å². The molecule has 0 bridgehead atoms. The van der Waals surface area contributed by atoms with Crippen molar-refractivity contribution in [1.82, 2.24) is 5.43 Å². The van der Waals surface area contributed by atoms with Crippen LogP contribution >= 0.6 is 0 Å². The molecule has 18 heavy (non-hydrogen) atoms. The molecule has 0 saturated carbocycles. The van der Waals surface area contributed by atoms with E-state index in [2.05, 4.69) is 47.5 Å². The lowest BCUT2D eigenvalue weighted by molar-refractivity contribution is 0.402. The molecular weight excluding hydrogens is 222 g/mol. The summed E-state index contributed by atoms with van der Waals surface area (Å²) in [5, 5.41) is 4.30. The highest BCUT2D eigenvalue weighted by molar-refractivity contribution is 5.83. The Kier molecular flexibility index (Phi) is 2.77. The van der Waals surface area contributed by atoms with Crippen molar-refractivity contribution < 1.29 is 0 Å². The van der Waals surface area contributed by atoms with Crippen LogP contribution in [0.25, 0.3) is 0 Å². The summed E-state index contributed by atoms with van der Waals surface area (Å²) in [7, 11) is 0. The molecule has 1 N–H and O–H groups in total. The Hall–Kier alpha value is -1.51. The molecule has 0 amide bonds. The van der Waals surface area contributed by atoms with Gasteiger partial charge in [-0.15, -0.1) is 0 Å². The van der Waals surface area contributed by atoms with Gasteiger partial charge in [0.2, 0.25) is 0 Å². The number of fused-ring (bicyclic) bond motifs is 1. The van der Waals surface area contributed by atoms with Crippen molar-refractivity contribution in [3.63, 3.8) is 0 Å². The average molecular weight is 243 g/mol. The van der Waals surface area contributed by atoms with Gasteiger partial charge in [-0.25, -0.2) is 0 Å². The molecule has 96 valence electrons. The van der Waals surface area contributed by atoms with Crippen molar-refractivity contribution in [2.75, 3.05) is 18.0 Å². The van der Waals surface area contributed by atoms with E-state index in [9.17, 15) is 0 Å². The van der Waals surface area contributed by atoms with Crippen molar-refractivity contribution in [3.8, 4) is 0 Å². The van der Waals surface area contributed by atoms with Gasteiger partial charge in [-0.2, -0.15) is 5.10 Å². The van der Waals surface area contributed by atoms with Crippen molar-refractivity contribution >= 4 is 11.9 Å². The summed E-state index contributed by atoms with van der Waals surface area (Å²) in [5.41, 5.74) is 7.27. The van der Waals surface area contributed by atoms with Gasteiger partial charge in [-0.1, -0.05) is 6.07 Å². The number of nitrogens with zero attached hydrogens (tertiary/aromatic N) is 2. The van der Waals surface area contributed by atoms with Gasteiger partial charge in [-0.3, -0.25) is 0 Å². The standard InChI is InChI=1S/C15H21N3/c1-15(2)10-13-9-14(18-7-3-4-8-18)6-5-12(13)11-16-17-15/h5-6,9,11,17H,3-4,7-8,10H2,1-2H3. The molecule has 0 radical (unpaired) electrons. The molecule has 0 aliphatic carbocycles. The van der Waals surface area contributed by atoms with Gasteiger partial charge < -0.3 is 10.3 Å². The number of nitrogens with one attached hydrogen (secondary N) is 1. The van der Waals surface area contributed by atoms with Gasteiger partial charge in [0.05, 0.1) is 11.8 Å². The first kappa shape index (κ1) is 11.6. The highest BCUT2D eigenvalue weighted by atomic mass is 15.3. The van der Waals surface area contributed by atoms with Crippen LogP contribution in [0.3, 0.4) is 0 Å². The molecule has 0 spiro atoms. The second kappa shape index (κ2) is 4.30. The van der Waals surface area contributed by atoms with Gasteiger partial charge in [0.15, 0.2) is 0 Å². The van der Waals surface area contributed by atoms with Crippen LogP contribution < -0.4 is 10.3 Å². The average Bonchev–Trinajstić information content (AvgIpc) is 2.79. The Labute approximate surface area is 109 Å². The zero-order chi connectivity index (χ0) is 12.6. The minimum Gasteiger partial charge on any atom is -0.372 e. The maximum Gasteiger partial charge on any atom is 0.0543 e. The fourth-order valence-corrected chi connectivity index (χ4v) is 2.84. The summed E-state index contributed by atoms with van der Waals surface area (Å²) in [6, 6.07) is 6.78. The summed E-state index contributed by atoms with van der Waals surface area (Å²) in [5.74, 6) is 0. The number of hydrogen-bond acceptors (Lipinski definition) is 3. The van der Waals surface area contributed by atoms with Crippen LogP contribution in [0.4, 0.5) is 5.69 Å². The number of hydrogen-bond donors (Lipinski definition) is 1. The maximum absolute atomic E-state index is 4.30. The molecule has 1 aromatic rings. The largest absolute Gasteiger partial charge is 0.372 e. The third-order valence-corrected chi connectivity index (χ3v) is 3.80. The second-order valence-corrected chi connectivity index (χ2v) is 6.01. The lowest BCUT2D eigenvalue weighted by atomic mass is 9.93. The zero-order valence-corrected chi connectivity index (χ0v) is 11.2. The van der Waals surface area contributed by atoms with Gasteiger partial charge in [0.1, 0.15) is 0 Å². The zero-order valence-electron chi connectivity index (χ0n) is 11.2.